The van der Waals surface area contributed by atoms with Crippen molar-refractivity contribution in [2.75, 3.05) is 0 Å². The molecule has 0 amide bonds. The fraction of sp³-hybridized carbons (Fsp3) is 0.0625. The summed E-state index contributed by atoms with van der Waals surface area (Å²) in [6.45, 7) is 0. The molecule has 0 saturated carbocycles. The molecule has 4 heterocycles. The van der Waals surface area contributed by atoms with Crippen molar-refractivity contribution in [2.24, 2.45) is 0 Å². The first-order chi connectivity index (χ1) is 11.7. The van der Waals surface area contributed by atoms with Crippen molar-refractivity contribution >= 4 is 27.3 Å². The Labute approximate surface area is 149 Å². The highest BCUT2D eigenvalue weighted by molar-refractivity contribution is 9.10. The molecular formula is C16H11BrN4O2S. The lowest BCUT2D eigenvalue weighted by molar-refractivity contribution is 0.188. The van der Waals surface area contributed by atoms with Crippen LogP contribution in [-0.2, 0) is 0 Å². The number of nitrogens with zero attached hydrogens (tertiary/aromatic N) is 3. The minimum atomic E-state index is -0.900. The van der Waals surface area contributed by atoms with Crippen molar-refractivity contribution < 1.29 is 9.52 Å². The molecule has 0 aliphatic rings. The van der Waals surface area contributed by atoms with Crippen LogP contribution in [0.25, 0.3) is 21.1 Å². The summed E-state index contributed by atoms with van der Waals surface area (Å²) in [5.74, 6) is 1.07. The monoisotopic (exact) mass is 402 g/mol. The Kier molecular flexibility index (Phi) is 4.01. The van der Waals surface area contributed by atoms with Crippen LogP contribution in [0.2, 0.25) is 0 Å². The summed E-state index contributed by atoms with van der Waals surface area (Å²) in [6.07, 6.45) is 4.09. The molecule has 0 spiro atoms. The van der Waals surface area contributed by atoms with Gasteiger partial charge in [0.25, 0.3) is 0 Å². The number of hydrogen-bond donors (Lipinski definition) is 2. The highest BCUT2D eigenvalue weighted by atomic mass is 79.9. The summed E-state index contributed by atoms with van der Waals surface area (Å²) in [5, 5.41) is 18.7. The van der Waals surface area contributed by atoms with Crippen LogP contribution in [0, 0.1) is 0 Å². The van der Waals surface area contributed by atoms with Crippen LogP contribution >= 0.6 is 27.3 Å². The Morgan fingerprint density at radius 3 is 2.71 bits per heavy atom. The summed E-state index contributed by atoms with van der Waals surface area (Å²) in [5.41, 5.74) is 1.74. The molecule has 0 radical (unpaired) electrons. The number of H-pyrrole nitrogens is 1. The summed E-state index contributed by atoms with van der Waals surface area (Å²) in [4.78, 5) is 8.86. The molecule has 0 bridgehead atoms. The van der Waals surface area contributed by atoms with Crippen LogP contribution < -0.4 is 0 Å². The molecule has 1 unspecified atom stereocenters. The quantitative estimate of drug-likeness (QED) is 0.537. The fourth-order valence-electron chi connectivity index (χ4n) is 2.40. The first-order valence-corrected chi connectivity index (χ1v) is 8.67. The van der Waals surface area contributed by atoms with Gasteiger partial charge in [0.2, 0.25) is 0 Å². The number of halogens is 1. The highest BCUT2D eigenvalue weighted by Crippen LogP contribution is 2.41. The van der Waals surface area contributed by atoms with Gasteiger partial charge in [-0.15, -0.1) is 21.5 Å². The summed E-state index contributed by atoms with van der Waals surface area (Å²) in [7, 11) is 0. The van der Waals surface area contributed by atoms with Crippen LogP contribution in [0.1, 0.15) is 17.4 Å². The predicted octanol–water partition coefficient (Wildman–Crippen LogP) is 4.03. The number of aliphatic hydroxyl groups excluding tert-OH is 1. The SMILES string of the molecule is OC(c1ccc(Br)o1)c1cc(-c2ccncc2)sc1-c1nnc[nH]1. The van der Waals surface area contributed by atoms with E-state index in [2.05, 4.69) is 36.1 Å². The number of pyridine rings is 1. The molecule has 0 saturated heterocycles. The molecule has 24 heavy (non-hydrogen) atoms. The van der Waals surface area contributed by atoms with E-state index >= 15 is 0 Å². The molecule has 0 aromatic carbocycles. The Balaban J connectivity index is 1.84. The smallest absolute Gasteiger partial charge is 0.171 e. The first-order valence-electron chi connectivity index (χ1n) is 7.06. The molecule has 0 fully saturated rings. The molecule has 2 N–H and O–H groups in total. The van der Waals surface area contributed by atoms with Crippen molar-refractivity contribution in [1.29, 1.82) is 0 Å². The Morgan fingerprint density at radius 1 is 1.21 bits per heavy atom. The zero-order valence-corrected chi connectivity index (χ0v) is 14.6. The molecule has 6 nitrogen and oxygen atoms in total. The van der Waals surface area contributed by atoms with Crippen LogP contribution in [0.5, 0.6) is 0 Å². The van der Waals surface area contributed by atoms with E-state index in [1.807, 2.05) is 18.2 Å². The molecule has 0 aliphatic carbocycles. The number of rotatable bonds is 4. The Hall–Kier alpha value is -2.29. The van der Waals surface area contributed by atoms with Crippen LogP contribution in [0.15, 0.2) is 58.1 Å². The second-order valence-electron chi connectivity index (χ2n) is 5.01. The van der Waals surface area contributed by atoms with E-state index in [0.29, 0.717) is 21.8 Å². The predicted molar refractivity (Wildman–Crippen MR) is 93.4 cm³/mol. The minimum absolute atomic E-state index is 0.460. The van der Waals surface area contributed by atoms with Crippen molar-refractivity contribution in [2.45, 2.75) is 6.10 Å². The van der Waals surface area contributed by atoms with Gasteiger partial charge in [0.05, 0.1) is 4.88 Å². The number of hydrogen-bond acceptors (Lipinski definition) is 6. The summed E-state index contributed by atoms with van der Waals surface area (Å²) < 4.78 is 6.07. The van der Waals surface area contributed by atoms with E-state index in [1.165, 1.54) is 17.7 Å². The van der Waals surface area contributed by atoms with Gasteiger partial charge in [-0.1, -0.05) is 0 Å². The minimum Gasteiger partial charge on any atom is -0.451 e. The molecule has 8 heteroatoms. The molecule has 4 rings (SSSR count). The van der Waals surface area contributed by atoms with E-state index in [-0.39, 0.29) is 0 Å². The molecule has 4 aromatic rings. The standard InChI is InChI=1S/C16H11BrN4O2S/c17-13-2-1-11(23-13)14(22)10-7-12(9-3-5-18-6-4-9)24-15(10)16-19-8-20-21-16/h1-8,14,22H,(H,19,20,21). The lowest BCUT2D eigenvalue weighted by atomic mass is 10.1. The second-order valence-corrected chi connectivity index (χ2v) is 6.85. The van der Waals surface area contributed by atoms with Crippen LogP contribution in [-0.4, -0.2) is 25.3 Å². The van der Waals surface area contributed by atoms with E-state index in [9.17, 15) is 5.11 Å². The number of aromatic nitrogens is 4. The average molecular weight is 403 g/mol. The van der Waals surface area contributed by atoms with Gasteiger partial charge < -0.3 is 14.5 Å². The summed E-state index contributed by atoms with van der Waals surface area (Å²) in [6, 6.07) is 9.29. The normalized spacial score (nSPS) is 12.4. The molecule has 1 atom stereocenters. The third-order valence-electron chi connectivity index (χ3n) is 3.52. The van der Waals surface area contributed by atoms with Crippen molar-refractivity contribution in [3.63, 3.8) is 0 Å². The highest BCUT2D eigenvalue weighted by Gasteiger charge is 2.23. The summed E-state index contributed by atoms with van der Waals surface area (Å²) >= 11 is 4.79. The van der Waals surface area contributed by atoms with Crippen molar-refractivity contribution in [3.8, 4) is 21.1 Å². The van der Waals surface area contributed by atoms with Gasteiger partial charge in [0, 0.05) is 22.8 Å². The Bertz CT molecular complexity index is 950. The van der Waals surface area contributed by atoms with Gasteiger partial charge in [-0.05, 0) is 51.8 Å². The average Bonchev–Trinajstić information content (AvgIpc) is 3.35. The van der Waals surface area contributed by atoms with Crippen LogP contribution in [0.3, 0.4) is 0 Å². The fourth-order valence-corrected chi connectivity index (χ4v) is 3.86. The van der Waals surface area contributed by atoms with Gasteiger partial charge in [0.1, 0.15) is 18.2 Å². The maximum atomic E-state index is 10.8. The molecule has 0 aliphatic heterocycles. The van der Waals surface area contributed by atoms with Gasteiger partial charge in [0.15, 0.2) is 10.5 Å². The zero-order chi connectivity index (χ0) is 16.5. The topological polar surface area (TPSA) is 87.8 Å². The van der Waals surface area contributed by atoms with Gasteiger partial charge in [-0.25, -0.2) is 0 Å². The van der Waals surface area contributed by atoms with E-state index in [0.717, 1.165) is 15.3 Å². The third kappa shape index (κ3) is 2.79. The van der Waals surface area contributed by atoms with Gasteiger partial charge >= 0.3 is 0 Å². The maximum Gasteiger partial charge on any atom is 0.171 e. The molecular weight excluding hydrogens is 392 g/mol. The number of thiophene rings is 1. The zero-order valence-electron chi connectivity index (χ0n) is 12.2. The van der Waals surface area contributed by atoms with Crippen molar-refractivity contribution in [1.82, 2.24) is 20.2 Å². The number of aromatic amines is 1. The van der Waals surface area contributed by atoms with Gasteiger partial charge in [-0.3, -0.25) is 4.98 Å². The van der Waals surface area contributed by atoms with E-state index in [4.69, 9.17) is 4.42 Å². The van der Waals surface area contributed by atoms with E-state index in [1.54, 1.807) is 24.5 Å². The van der Waals surface area contributed by atoms with Gasteiger partial charge in [-0.2, -0.15) is 0 Å². The van der Waals surface area contributed by atoms with Crippen LogP contribution in [0.4, 0.5) is 0 Å². The molecule has 4 aromatic heterocycles. The third-order valence-corrected chi connectivity index (χ3v) is 5.15. The lowest BCUT2D eigenvalue weighted by Crippen LogP contribution is -1.98. The number of furan rings is 1. The molecule has 120 valence electrons. The van der Waals surface area contributed by atoms with E-state index < -0.39 is 6.10 Å². The Morgan fingerprint density at radius 2 is 2.04 bits per heavy atom. The number of nitrogens with one attached hydrogen (secondary N) is 1. The second kappa shape index (κ2) is 6.31. The number of aliphatic hydroxyl groups is 1. The van der Waals surface area contributed by atoms with Crippen molar-refractivity contribution in [3.05, 3.63) is 65.0 Å². The largest absolute Gasteiger partial charge is 0.451 e. The maximum absolute atomic E-state index is 10.8. The first kappa shape index (κ1) is 15.3. The lowest BCUT2D eigenvalue weighted by Gasteiger charge is -2.07.